The Morgan fingerprint density at radius 3 is 2.42 bits per heavy atom. The molecule has 0 N–H and O–H groups in total. The van der Waals surface area contributed by atoms with Gasteiger partial charge in [-0.25, -0.2) is 14.2 Å². The van der Waals surface area contributed by atoms with E-state index in [1.54, 1.807) is 37.3 Å². The molecule has 2 aromatic rings. The Morgan fingerprint density at radius 2 is 1.80 bits per heavy atom. The van der Waals surface area contributed by atoms with Crippen molar-refractivity contribution in [1.82, 2.24) is 19.4 Å². The van der Waals surface area contributed by atoms with Gasteiger partial charge in [0, 0.05) is 20.1 Å². The van der Waals surface area contributed by atoms with Crippen LogP contribution in [0.5, 0.6) is 5.75 Å². The van der Waals surface area contributed by atoms with Crippen molar-refractivity contribution >= 4 is 17.8 Å². The highest BCUT2D eigenvalue weighted by Crippen LogP contribution is 2.47. The van der Waals surface area contributed by atoms with E-state index in [2.05, 4.69) is 0 Å². The molecule has 7 rings (SSSR count). The molecule has 0 unspecified atom stereocenters. The number of ether oxygens (including phenoxy) is 3. The Hall–Kier alpha value is -3.64. The molecule has 1 saturated carbocycles. The van der Waals surface area contributed by atoms with E-state index in [0.29, 0.717) is 38.1 Å². The number of likely N-dealkylation sites (N-methyl/N-ethyl adjacent to an activating group) is 1. The number of alkyl halides is 1. The van der Waals surface area contributed by atoms with Crippen LogP contribution in [-0.2, 0) is 31.1 Å². The number of carbonyl (C=O) groups excluding carboxylic acids is 3. The van der Waals surface area contributed by atoms with E-state index in [0.717, 1.165) is 0 Å². The van der Waals surface area contributed by atoms with Gasteiger partial charge in [0.15, 0.2) is 6.29 Å². The number of fused-ring (bicyclic) bond motifs is 2. The second-order valence-electron chi connectivity index (χ2n) is 11.0. The van der Waals surface area contributed by atoms with Gasteiger partial charge in [-0.3, -0.25) is 19.0 Å². The zero-order valence-electron chi connectivity index (χ0n) is 22.4. The fourth-order valence-corrected chi connectivity index (χ4v) is 6.23. The fraction of sp³-hybridized carbons (Fsp3) is 0.536. The van der Waals surface area contributed by atoms with Gasteiger partial charge in [0.25, 0.3) is 5.56 Å². The molecule has 5 aliphatic rings. The van der Waals surface area contributed by atoms with Crippen LogP contribution >= 0.6 is 0 Å². The molecule has 1 aromatic heterocycles. The summed E-state index contributed by atoms with van der Waals surface area (Å²) >= 11 is 0. The molecular formula is C28H31FN4O7. The number of esters is 1. The van der Waals surface area contributed by atoms with E-state index >= 15 is 0 Å². The number of rotatable bonds is 4. The van der Waals surface area contributed by atoms with Gasteiger partial charge in [-0.1, -0.05) is 18.2 Å². The van der Waals surface area contributed by atoms with Crippen molar-refractivity contribution in [1.29, 1.82) is 0 Å². The molecule has 1 atom stereocenters. The first-order valence-electron chi connectivity index (χ1n) is 13.6. The monoisotopic (exact) mass is 554 g/mol. The molecular weight excluding hydrogens is 523 g/mol. The molecule has 11 nitrogen and oxygen atoms in total. The largest absolute Gasteiger partial charge is 0.415 e. The van der Waals surface area contributed by atoms with Crippen molar-refractivity contribution in [3.63, 3.8) is 0 Å². The first kappa shape index (κ1) is 26.6. The molecule has 0 radical (unpaired) electrons. The number of amides is 2. The van der Waals surface area contributed by atoms with Gasteiger partial charge in [-0.05, 0) is 57.1 Å². The minimum absolute atomic E-state index is 0.00958. The van der Waals surface area contributed by atoms with E-state index in [4.69, 9.17) is 19.2 Å². The lowest BCUT2D eigenvalue weighted by atomic mass is 9.76. The van der Waals surface area contributed by atoms with Crippen LogP contribution in [0, 0.1) is 5.92 Å². The smallest absolute Gasteiger partial charge is 0.343 e. The Morgan fingerprint density at radius 1 is 1.10 bits per heavy atom. The van der Waals surface area contributed by atoms with E-state index in [1.165, 1.54) is 21.4 Å². The normalized spacial score (nSPS) is 28.8. The lowest BCUT2D eigenvalue weighted by Crippen LogP contribution is -2.55. The van der Waals surface area contributed by atoms with Crippen LogP contribution in [0.15, 0.2) is 35.1 Å². The van der Waals surface area contributed by atoms with E-state index < -0.39 is 47.6 Å². The summed E-state index contributed by atoms with van der Waals surface area (Å²) in [4.78, 5) is 61.0. The van der Waals surface area contributed by atoms with Gasteiger partial charge in [0.1, 0.15) is 23.2 Å². The van der Waals surface area contributed by atoms with Gasteiger partial charge >= 0.3 is 17.8 Å². The molecule has 4 aliphatic heterocycles. The lowest BCUT2D eigenvalue weighted by Gasteiger charge is -2.44. The Kier molecular flexibility index (Phi) is 6.70. The zero-order valence-corrected chi connectivity index (χ0v) is 22.4. The van der Waals surface area contributed by atoms with Crippen LogP contribution in [0.1, 0.15) is 67.2 Å². The standard InChI is InChI=1S/C28H31FN4O7/c1-16-38-26(39-16)20-21(40-25(37)18-6-4-3-5-7-18)22(34)33-14-17-8-11-28(12-9-17,27(33)30-20)31(2)23(35)24(36)32-13-10-19(29)15-32/h3-7,16-17,19,26H,8-15H2,1-2H3/t16?,17?,19-,26?,28?/m1/s1. The van der Waals surface area contributed by atoms with Crippen molar-refractivity contribution in [3.8, 4) is 5.75 Å². The van der Waals surface area contributed by atoms with Crippen molar-refractivity contribution in [2.45, 2.75) is 69.9 Å². The summed E-state index contributed by atoms with van der Waals surface area (Å²) in [5.41, 5.74) is -1.38. The first-order valence-corrected chi connectivity index (χ1v) is 13.6. The molecule has 212 valence electrons. The van der Waals surface area contributed by atoms with E-state index in [-0.39, 0.29) is 42.4 Å². The van der Waals surface area contributed by atoms with Crippen LogP contribution in [0.25, 0.3) is 0 Å². The summed E-state index contributed by atoms with van der Waals surface area (Å²) < 4.78 is 32.2. The topological polar surface area (TPSA) is 120 Å². The predicted octanol–water partition coefficient (Wildman–Crippen LogP) is 2.28. The molecule has 40 heavy (non-hydrogen) atoms. The molecule has 3 fully saturated rings. The minimum Gasteiger partial charge on any atom is -0.415 e. The summed E-state index contributed by atoms with van der Waals surface area (Å²) in [5, 5.41) is 0. The predicted molar refractivity (Wildman–Crippen MR) is 137 cm³/mol. The summed E-state index contributed by atoms with van der Waals surface area (Å²) in [6, 6.07) is 8.28. The van der Waals surface area contributed by atoms with Gasteiger partial charge < -0.3 is 24.0 Å². The maximum absolute atomic E-state index is 14.0. The summed E-state index contributed by atoms with van der Waals surface area (Å²) in [5.74, 6) is -2.13. The number of hydrogen-bond donors (Lipinski definition) is 0. The highest BCUT2D eigenvalue weighted by Gasteiger charge is 2.51. The molecule has 2 bridgehead atoms. The third kappa shape index (κ3) is 4.39. The molecule has 1 aromatic carbocycles. The number of halogens is 1. The quantitative estimate of drug-likeness (QED) is 0.417. The molecule has 12 heteroatoms. The summed E-state index contributed by atoms with van der Waals surface area (Å²) in [7, 11) is 1.53. The van der Waals surface area contributed by atoms with Crippen LogP contribution in [0.2, 0.25) is 0 Å². The van der Waals surface area contributed by atoms with Crippen LogP contribution in [0.3, 0.4) is 0 Å². The maximum Gasteiger partial charge on any atom is 0.343 e. The number of carbonyl (C=O) groups is 3. The van der Waals surface area contributed by atoms with Gasteiger partial charge in [0.05, 0.1) is 12.1 Å². The highest BCUT2D eigenvalue weighted by atomic mass is 19.1. The number of likely N-dealkylation sites (tertiary alicyclic amines) is 1. The van der Waals surface area contributed by atoms with Crippen molar-refractivity contribution in [2.24, 2.45) is 5.92 Å². The maximum atomic E-state index is 14.0. The average molecular weight is 555 g/mol. The SMILES string of the molecule is CC1OC(c2nc3n(c(=O)c2OC(=O)c2ccccc2)CC2CCC3(N(C)C(=O)C(=O)N3CC[C@@H](F)C3)CC2)O1. The van der Waals surface area contributed by atoms with Gasteiger partial charge in [-0.2, -0.15) is 0 Å². The van der Waals surface area contributed by atoms with Crippen molar-refractivity contribution in [3.05, 3.63) is 57.8 Å². The van der Waals surface area contributed by atoms with E-state index in [9.17, 15) is 23.6 Å². The molecule has 0 spiro atoms. The number of nitrogens with zero attached hydrogens (tertiary/aromatic N) is 4. The third-order valence-electron chi connectivity index (χ3n) is 8.55. The average Bonchev–Trinajstić information content (AvgIpc) is 3.24. The van der Waals surface area contributed by atoms with E-state index in [1.807, 2.05) is 0 Å². The Labute approximate surface area is 229 Å². The molecule has 2 saturated heterocycles. The minimum atomic E-state index is -1.15. The second-order valence-corrected chi connectivity index (χ2v) is 11.0. The zero-order chi connectivity index (χ0) is 28.2. The van der Waals surface area contributed by atoms with Crippen LogP contribution < -0.4 is 10.3 Å². The van der Waals surface area contributed by atoms with Crippen LogP contribution in [-0.4, -0.2) is 69.7 Å². The van der Waals surface area contributed by atoms with Gasteiger partial charge in [-0.15, -0.1) is 0 Å². The van der Waals surface area contributed by atoms with Crippen molar-refractivity contribution < 1.29 is 33.0 Å². The lowest BCUT2D eigenvalue weighted by molar-refractivity contribution is -0.384. The fourth-order valence-electron chi connectivity index (χ4n) is 6.23. The Balaban J connectivity index is 1.43. The summed E-state index contributed by atoms with van der Waals surface area (Å²) in [6.45, 7) is 2.08. The molecule has 1 aliphatic carbocycles. The number of aromatic nitrogens is 2. The van der Waals surface area contributed by atoms with Crippen LogP contribution in [0.4, 0.5) is 4.39 Å². The summed E-state index contributed by atoms with van der Waals surface area (Å²) in [6.07, 6.45) is -0.175. The van der Waals surface area contributed by atoms with Gasteiger partial charge in [0.2, 0.25) is 12.0 Å². The van der Waals surface area contributed by atoms with Crippen molar-refractivity contribution in [2.75, 3.05) is 20.1 Å². The third-order valence-corrected chi connectivity index (χ3v) is 8.55. The molecule has 2 amide bonds. The Bertz CT molecular complexity index is 1400. The molecule has 5 heterocycles. The number of benzene rings is 1. The number of hydrogen-bond acceptors (Lipinski definition) is 8. The second kappa shape index (κ2) is 10.1. The first-order chi connectivity index (χ1) is 19.2. The highest BCUT2D eigenvalue weighted by molar-refractivity contribution is 6.35.